The summed E-state index contributed by atoms with van der Waals surface area (Å²) in [6.45, 7) is 7.16. The molecule has 0 amide bonds. The van der Waals surface area contributed by atoms with E-state index in [2.05, 4.69) is 9.64 Å². The topological polar surface area (TPSA) is 38.5 Å². The van der Waals surface area contributed by atoms with Gasteiger partial charge in [0.05, 0.1) is 0 Å². The molecule has 0 saturated heterocycles. The van der Waals surface area contributed by atoms with Crippen LogP contribution in [0.4, 0.5) is 13.2 Å². The average Bonchev–Trinajstić information content (AvgIpc) is 2.33. The standard InChI is InChI=1S/C14H21F3N2O/c1-4-19(10(2)3)13(9-18)11-6-5-7-12(8-11)20-14(15,16)17/h5-8,10,13H,4,9,18H2,1-3H3. The number of alkyl halides is 3. The molecule has 1 rings (SSSR count). The van der Waals surface area contributed by atoms with Crippen molar-refractivity contribution in [3.63, 3.8) is 0 Å². The van der Waals surface area contributed by atoms with E-state index in [1.54, 1.807) is 12.1 Å². The van der Waals surface area contributed by atoms with Gasteiger partial charge in [0.1, 0.15) is 5.75 Å². The molecule has 0 bridgehead atoms. The normalized spacial score (nSPS) is 13.8. The third-order valence-corrected chi connectivity index (χ3v) is 3.13. The Morgan fingerprint density at radius 3 is 2.40 bits per heavy atom. The Kier molecular flexibility index (Phi) is 5.83. The molecule has 0 aliphatic heterocycles. The van der Waals surface area contributed by atoms with Crippen molar-refractivity contribution in [2.75, 3.05) is 13.1 Å². The van der Waals surface area contributed by atoms with E-state index in [9.17, 15) is 13.2 Å². The molecular formula is C14H21F3N2O. The second kappa shape index (κ2) is 6.95. The van der Waals surface area contributed by atoms with Crippen LogP contribution in [-0.4, -0.2) is 30.4 Å². The van der Waals surface area contributed by atoms with Crippen molar-refractivity contribution in [1.29, 1.82) is 0 Å². The molecule has 1 atom stereocenters. The fraction of sp³-hybridized carbons (Fsp3) is 0.571. The van der Waals surface area contributed by atoms with Crippen LogP contribution in [0.5, 0.6) is 5.75 Å². The van der Waals surface area contributed by atoms with E-state index in [0.717, 1.165) is 12.1 Å². The number of nitrogens with two attached hydrogens (primary N) is 1. The lowest BCUT2D eigenvalue weighted by atomic mass is 10.0. The van der Waals surface area contributed by atoms with Crippen LogP contribution >= 0.6 is 0 Å². The summed E-state index contributed by atoms with van der Waals surface area (Å²) in [6.07, 6.45) is -4.68. The number of benzene rings is 1. The quantitative estimate of drug-likeness (QED) is 0.873. The first-order chi connectivity index (χ1) is 9.28. The van der Waals surface area contributed by atoms with E-state index in [1.807, 2.05) is 20.8 Å². The first kappa shape index (κ1) is 16.8. The van der Waals surface area contributed by atoms with E-state index in [0.29, 0.717) is 6.54 Å². The number of rotatable bonds is 6. The van der Waals surface area contributed by atoms with Gasteiger partial charge in [-0.15, -0.1) is 13.2 Å². The predicted molar refractivity (Wildman–Crippen MR) is 72.4 cm³/mol. The van der Waals surface area contributed by atoms with Gasteiger partial charge in [-0.2, -0.15) is 0 Å². The van der Waals surface area contributed by atoms with Gasteiger partial charge >= 0.3 is 6.36 Å². The molecule has 1 unspecified atom stereocenters. The van der Waals surface area contributed by atoms with E-state index >= 15 is 0 Å². The number of likely N-dealkylation sites (N-methyl/N-ethyl adjacent to an activating group) is 1. The van der Waals surface area contributed by atoms with Crippen molar-refractivity contribution >= 4 is 0 Å². The van der Waals surface area contributed by atoms with Gasteiger partial charge in [0, 0.05) is 18.6 Å². The van der Waals surface area contributed by atoms with Crippen molar-refractivity contribution in [1.82, 2.24) is 4.90 Å². The Labute approximate surface area is 117 Å². The molecule has 1 aromatic rings. The lowest BCUT2D eigenvalue weighted by Gasteiger charge is -2.33. The second-order valence-electron chi connectivity index (χ2n) is 4.80. The van der Waals surface area contributed by atoms with E-state index in [-0.39, 0.29) is 17.8 Å². The molecular weight excluding hydrogens is 269 g/mol. The van der Waals surface area contributed by atoms with Crippen LogP contribution in [0.2, 0.25) is 0 Å². The van der Waals surface area contributed by atoms with Crippen molar-refractivity contribution < 1.29 is 17.9 Å². The van der Waals surface area contributed by atoms with Crippen LogP contribution < -0.4 is 10.5 Å². The van der Waals surface area contributed by atoms with Gasteiger partial charge in [0.2, 0.25) is 0 Å². The zero-order chi connectivity index (χ0) is 15.3. The molecule has 0 radical (unpaired) electrons. The molecule has 0 heterocycles. The Balaban J connectivity index is 3.01. The summed E-state index contributed by atoms with van der Waals surface area (Å²) in [5, 5.41) is 0. The van der Waals surface area contributed by atoms with Gasteiger partial charge in [-0.1, -0.05) is 19.1 Å². The molecule has 3 nitrogen and oxygen atoms in total. The van der Waals surface area contributed by atoms with Gasteiger partial charge in [-0.3, -0.25) is 4.90 Å². The predicted octanol–water partition coefficient (Wildman–Crippen LogP) is 3.32. The summed E-state index contributed by atoms with van der Waals surface area (Å²) in [6, 6.07) is 6.13. The zero-order valence-electron chi connectivity index (χ0n) is 11.9. The third kappa shape index (κ3) is 4.68. The zero-order valence-corrected chi connectivity index (χ0v) is 11.9. The third-order valence-electron chi connectivity index (χ3n) is 3.13. The Morgan fingerprint density at radius 1 is 1.30 bits per heavy atom. The fourth-order valence-corrected chi connectivity index (χ4v) is 2.33. The van der Waals surface area contributed by atoms with Gasteiger partial charge < -0.3 is 10.5 Å². The summed E-state index contributed by atoms with van der Waals surface area (Å²) in [5.74, 6) is -0.215. The number of hydrogen-bond acceptors (Lipinski definition) is 3. The minimum Gasteiger partial charge on any atom is -0.406 e. The monoisotopic (exact) mass is 290 g/mol. The van der Waals surface area contributed by atoms with Gasteiger partial charge in [0.25, 0.3) is 0 Å². The minimum absolute atomic E-state index is 0.128. The van der Waals surface area contributed by atoms with Crippen LogP contribution in [0.3, 0.4) is 0 Å². The molecule has 0 saturated carbocycles. The highest BCUT2D eigenvalue weighted by atomic mass is 19.4. The Bertz CT molecular complexity index is 421. The van der Waals surface area contributed by atoms with Gasteiger partial charge in [-0.25, -0.2) is 0 Å². The number of ether oxygens (including phenoxy) is 1. The van der Waals surface area contributed by atoms with Crippen LogP contribution in [-0.2, 0) is 0 Å². The molecule has 6 heteroatoms. The maximum Gasteiger partial charge on any atom is 0.573 e. The first-order valence-corrected chi connectivity index (χ1v) is 6.60. The number of hydrogen-bond donors (Lipinski definition) is 1. The highest BCUT2D eigenvalue weighted by molar-refractivity contribution is 5.31. The molecule has 114 valence electrons. The Morgan fingerprint density at radius 2 is 1.95 bits per heavy atom. The first-order valence-electron chi connectivity index (χ1n) is 6.60. The van der Waals surface area contributed by atoms with Crippen molar-refractivity contribution in [2.45, 2.75) is 39.2 Å². The van der Waals surface area contributed by atoms with Crippen LogP contribution in [0.1, 0.15) is 32.4 Å². The minimum atomic E-state index is -4.68. The van der Waals surface area contributed by atoms with Crippen LogP contribution in [0, 0.1) is 0 Å². The summed E-state index contributed by atoms with van der Waals surface area (Å²) < 4.78 is 40.7. The SMILES string of the molecule is CCN(C(C)C)C(CN)c1cccc(OC(F)(F)F)c1. The summed E-state index contributed by atoms with van der Waals surface area (Å²) in [7, 11) is 0. The average molecular weight is 290 g/mol. The van der Waals surface area contributed by atoms with Crippen molar-refractivity contribution in [3.05, 3.63) is 29.8 Å². The lowest BCUT2D eigenvalue weighted by molar-refractivity contribution is -0.274. The smallest absolute Gasteiger partial charge is 0.406 e. The molecule has 0 spiro atoms. The molecule has 0 aliphatic rings. The largest absolute Gasteiger partial charge is 0.573 e. The molecule has 0 aliphatic carbocycles. The molecule has 20 heavy (non-hydrogen) atoms. The summed E-state index contributed by atoms with van der Waals surface area (Å²) in [5.41, 5.74) is 6.52. The van der Waals surface area contributed by atoms with E-state index in [4.69, 9.17) is 5.73 Å². The summed E-state index contributed by atoms with van der Waals surface area (Å²) in [4.78, 5) is 2.13. The van der Waals surface area contributed by atoms with E-state index < -0.39 is 6.36 Å². The molecule has 1 aromatic carbocycles. The molecule has 0 fully saturated rings. The van der Waals surface area contributed by atoms with Crippen molar-refractivity contribution in [3.8, 4) is 5.75 Å². The van der Waals surface area contributed by atoms with Crippen LogP contribution in [0.25, 0.3) is 0 Å². The maximum absolute atomic E-state index is 12.3. The fourth-order valence-electron chi connectivity index (χ4n) is 2.33. The van der Waals surface area contributed by atoms with E-state index in [1.165, 1.54) is 12.1 Å². The van der Waals surface area contributed by atoms with Gasteiger partial charge in [0.15, 0.2) is 0 Å². The van der Waals surface area contributed by atoms with Crippen LogP contribution in [0.15, 0.2) is 24.3 Å². The number of halogens is 3. The second-order valence-corrected chi connectivity index (χ2v) is 4.80. The number of nitrogens with zero attached hydrogens (tertiary/aromatic N) is 1. The highest BCUT2D eigenvalue weighted by Crippen LogP contribution is 2.28. The molecule has 2 N–H and O–H groups in total. The van der Waals surface area contributed by atoms with Gasteiger partial charge in [-0.05, 0) is 38.1 Å². The maximum atomic E-state index is 12.3. The summed E-state index contributed by atoms with van der Waals surface area (Å²) >= 11 is 0. The Hall–Kier alpha value is -1.27. The lowest BCUT2D eigenvalue weighted by Crippen LogP contribution is -2.38. The molecule has 0 aromatic heterocycles. The van der Waals surface area contributed by atoms with Crippen molar-refractivity contribution in [2.24, 2.45) is 5.73 Å². The highest BCUT2D eigenvalue weighted by Gasteiger charge is 2.31.